The van der Waals surface area contributed by atoms with Crippen LogP contribution in [-0.2, 0) is 0 Å². The van der Waals surface area contributed by atoms with Crippen LogP contribution in [0, 0.1) is 17.8 Å². The first-order valence-electron chi connectivity index (χ1n) is 7.28. The highest BCUT2D eigenvalue weighted by atomic mass is 15.0. The van der Waals surface area contributed by atoms with Crippen LogP contribution in [0.3, 0.4) is 0 Å². The fourth-order valence-electron chi connectivity index (χ4n) is 2.97. The first-order chi connectivity index (χ1) is 7.52. The Balaban J connectivity index is 2.33. The number of nitrogens with one attached hydrogen (secondary N) is 1. The minimum Gasteiger partial charge on any atom is -0.311 e. The minimum absolute atomic E-state index is 0.688. The van der Waals surface area contributed by atoms with Gasteiger partial charge in [-0.15, -0.1) is 0 Å². The molecule has 5 unspecified atom stereocenters. The molecule has 0 aromatic heterocycles. The lowest BCUT2D eigenvalue weighted by Gasteiger charge is -2.36. The van der Waals surface area contributed by atoms with Crippen LogP contribution < -0.4 is 5.32 Å². The molecule has 0 amide bonds. The Bertz CT molecular complexity index is 190. The molecule has 1 N–H and O–H groups in total. The van der Waals surface area contributed by atoms with E-state index in [9.17, 15) is 0 Å². The molecule has 1 aliphatic carbocycles. The summed E-state index contributed by atoms with van der Waals surface area (Å²) < 4.78 is 0. The molecular weight excluding hydrogens is 194 g/mol. The summed E-state index contributed by atoms with van der Waals surface area (Å²) in [6.07, 6.45) is 6.86. The second-order valence-corrected chi connectivity index (χ2v) is 6.32. The largest absolute Gasteiger partial charge is 0.311 e. The summed E-state index contributed by atoms with van der Waals surface area (Å²) in [6.45, 7) is 11.8. The predicted molar refractivity (Wildman–Crippen MR) is 72.6 cm³/mol. The Labute approximate surface area is 102 Å². The summed E-state index contributed by atoms with van der Waals surface area (Å²) >= 11 is 0. The van der Waals surface area contributed by atoms with Gasteiger partial charge >= 0.3 is 0 Å². The maximum atomic E-state index is 3.86. The van der Waals surface area contributed by atoms with Crippen LogP contribution in [0.4, 0.5) is 0 Å². The van der Waals surface area contributed by atoms with Crippen molar-refractivity contribution in [2.45, 2.75) is 78.8 Å². The van der Waals surface area contributed by atoms with Gasteiger partial charge < -0.3 is 5.32 Å². The molecular formula is C15H31N. The Morgan fingerprint density at radius 2 is 1.88 bits per heavy atom. The second-order valence-electron chi connectivity index (χ2n) is 6.32. The summed E-state index contributed by atoms with van der Waals surface area (Å²) in [5.74, 6) is 2.65. The Kier molecular flexibility index (Phi) is 5.82. The fraction of sp³-hybridized carbons (Fsp3) is 1.00. The van der Waals surface area contributed by atoms with Gasteiger partial charge in [0.15, 0.2) is 0 Å². The molecule has 0 aromatic carbocycles. The van der Waals surface area contributed by atoms with Gasteiger partial charge in [0.2, 0.25) is 0 Å². The third-order valence-corrected chi connectivity index (χ3v) is 4.41. The van der Waals surface area contributed by atoms with Gasteiger partial charge in [-0.25, -0.2) is 0 Å². The SMILES string of the molecule is CCC(C)CC(C)NC1CC(C)CCC1C. The summed E-state index contributed by atoms with van der Waals surface area (Å²) in [5, 5.41) is 3.86. The van der Waals surface area contributed by atoms with E-state index < -0.39 is 0 Å². The van der Waals surface area contributed by atoms with E-state index in [-0.39, 0.29) is 0 Å². The van der Waals surface area contributed by atoms with Crippen molar-refractivity contribution in [3.8, 4) is 0 Å². The minimum atomic E-state index is 0.688. The van der Waals surface area contributed by atoms with Crippen LogP contribution in [0.25, 0.3) is 0 Å². The molecule has 0 aromatic rings. The average Bonchev–Trinajstić information content (AvgIpc) is 2.23. The van der Waals surface area contributed by atoms with E-state index in [1.54, 1.807) is 0 Å². The van der Waals surface area contributed by atoms with Crippen molar-refractivity contribution in [3.63, 3.8) is 0 Å². The maximum absolute atomic E-state index is 3.86. The monoisotopic (exact) mass is 225 g/mol. The van der Waals surface area contributed by atoms with Gasteiger partial charge in [-0.3, -0.25) is 0 Å². The lowest BCUT2D eigenvalue weighted by atomic mass is 9.79. The number of hydrogen-bond donors (Lipinski definition) is 1. The Morgan fingerprint density at radius 1 is 1.19 bits per heavy atom. The van der Waals surface area contributed by atoms with Crippen molar-refractivity contribution in [1.29, 1.82) is 0 Å². The van der Waals surface area contributed by atoms with Crippen molar-refractivity contribution in [1.82, 2.24) is 5.32 Å². The number of rotatable bonds is 5. The normalized spacial score (nSPS) is 34.7. The van der Waals surface area contributed by atoms with E-state index >= 15 is 0 Å². The quantitative estimate of drug-likeness (QED) is 0.738. The maximum Gasteiger partial charge on any atom is 0.00977 e. The molecule has 0 aliphatic heterocycles. The van der Waals surface area contributed by atoms with Crippen molar-refractivity contribution in [2.24, 2.45) is 17.8 Å². The number of hydrogen-bond acceptors (Lipinski definition) is 1. The molecule has 16 heavy (non-hydrogen) atoms. The third kappa shape index (κ3) is 4.45. The van der Waals surface area contributed by atoms with Crippen molar-refractivity contribution in [3.05, 3.63) is 0 Å². The van der Waals surface area contributed by atoms with E-state index in [2.05, 4.69) is 39.9 Å². The summed E-state index contributed by atoms with van der Waals surface area (Å²) in [5.41, 5.74) is 0. The van der Waals surface area contributed by atoms with E-state index in [0.29, 0.717) is 6.04 Å². The van der Waals surface area contributed by atoms with E-state index in [4.69, 9.17) is 0 Å². The standard InChI is InChI=1S/C15H31N/c1-6-11(2)9-14(5)16-15-10-12(3)7-8-13(15)4/h11-16H,6-10H2,1-5H3. The van der Waals surface area contributed by atoms with Gasteiger partial charge in [-0.2, -0.15) is 0 Å². The molecule has 1 nitrogen and oxygen atoms in total. The first-order valence-corrected chi connectivity index (χ1v) is 7.28. The first kappa shape index (κ1) is 14.0. The smallest absolute Gasteiger partial charge is 0.00977 e. The molecule has 0 bridgehead atoms. The molecule has 96 valence electrons. The molecule has 1 heteroatoms. The zero-order valence-corrected chi connectivity index (χ0v) is 11.9. The average molecular weight is 225 g/mol. The van der Waals surface area contributed by atoms with Crippen molar-refractivity contribution in [2.75, 3.05) is 0 Å². The van der Waals surface area contributed by atoms with Crippen LogP contribution in [0.2, 0.25) is 0 Å². The lowest BCUT2D eigenvalue weighted by molar-refractivity contribution is 0.208. The van der Waals surface area contributed by atoms with E-state index in [1.807, 2.05) is 0 Å². The Hall–Kier alpha value is -0.0400. The van der Waals surface area contributed by atoms with Crippen LogP contribution in [0.5, 0.6) is 0 Å². The molecule has 1 rings (SSSR count). The zero-order chi connectivity index (χ0) is 12.1. The summed E-state index contributed by atoms with van der Waals surface area (Å²) in [7, 11) is 0. The molecule has 0 spiro atoms. The van der Waals surface area contributed by atoms with Crippen LogP contribution >= 0.6 is 0 Å². The van der Waals surface area contributed by atoms with Gasteiger partial charge in [-0.05, 0) is 43.9 Å². The topological polar surface area (TPSA) is 12.0 Å². The summed E-state index contributed by atoms with van der Waals surface area (Å²) in [6, 6.07) is 1.45. The fourth-order valence-corrected chi connectivity index (χ4v) is 2.97. The predicted octanol–water partition coefficient (Wildman–Crippen LogP) is 4.23. The molecule has 1 aliphatic rings. The highest BCUT2D eigenvalue weighted by Gasteiger charge is 2.26. The molecule has 1 saturated carbocycles. The zero-order valence-electron chi connectivity index (χ0n) is 11.9. The van der Waals surface area contributed by atoms with Crippen LogP contribution in [-0.4, -0.2) is 12.1 Å². The van der Waals surface area contributed by atoms with Gasteiger partial charge in [0.25, 0.3) is 0 Å². The van der Waals surface area contributed by atoms with E-state index in [0.717, 1.165) is 23.8 Å². The van der Waals surface area contributed by atoms with Crippen molar-refractivity contribution >= 4 is 0 Å². The summed E-state index contributed by atoms with van der Waals surface area (Å²) in [4.78, 5) is 0. The molecule has 0 radical (unpaired) electrons. The molecule has 0 saturated heterocycles. The highest BCUT2D eigenvalue weighted by molar-refractivity contribution is 4.83. The van der Waals surface area contributed by atoms with Crippen LogP contribution in [0.1, 0.15) is 66.7 Å². The van der Waals surface area contributed by atoms with E-state index in [1.165, 1.54) is 32.1 Å². The van der Waals surface area contributed by atoms with Gasteiger partial charge in [0.05, 0.1) is 0 Å². The van der Waals surface area contributed by atoms with Crippen LogP contribution in [0.15, 0.2) is 0 Å². The van der Waals surface area contributed by atoms with Gasteiger partial charge in [0.1, 0.15) is 0 Å². The molecule has 1 fully saturated rings. The molecule has 5 atom stereocenters. The molecule has 0 heterocycles. The second kappa shape index (κ2) is 6.64. The Morgan fingerprint density at radius 3 is 2.50 bits per heavy atom. The highest BCUT2D eigenvalue weighted by Crippen LogP contribution is 2.29. The van der Waals surface area contributed by atoms with Crippen molar-refractivity contribution < 1.29 is 0 Å². The van der Waals surface area contributed by atoms with Gasteiger partial charge in [0, 0.05) is 12.1 Å². The lowest BCUT2D eigenvalue weighted by Crippen LogP contribution is -2.44. The third-order valence-electron chi connectivity index (χ3n) is 4.41. The van der Waals surface area contributed by atoms with Gasteiger partial charge in [-0.1, -0.05) is 40.5 Å².